The standard InChI is InChI=1S/C11H18N2O2/c1-2-5-14-8-11-6-10(13-15-11)7-12-9-3-4-9/h6,9,12H,2-5,7-8H2,1H3. The average molecular weight is 210 g/mol. The summed E-state index contributed by atoms with van der Waals surface area (Å²) in [5.41, 5.74) is 0.969. The zero-order valence-electron chi connectivity index (χ0n) is 9.16. The van der Waals surface area contributed by atoms with Gasteiger partial charge in [-0.1, -0.05) is 12.1 Å². The number of aromatic nitrogens is 1. The van der Waals surface area contributed by atoms with Crippen LogP contribution < -0.4 is 5.32 Å². The Morgan fingerprint density at radius 1 is 1.60 bits per heavy atom. The van der Waals surface area contributed by atoms with Gasteiger partial charge in [-0.2, -0.15) is 0 Å². The lowest BCUT2D eigenvalue weighted by Gasteiger charge is -1.96. The summed E-state index contributed by atoms with van der Waals surface area (Å²) >= 11 is 0. The van der Waals surface area contributed by atoms with E-state index >= 15 is 0 Å². The highest BCUT2D eigenvalue weighted by Crippen LogP contribution is 2.19. The predicted octanol–water partition coefficient (Wildman–Crippen LogP) is 1.85. The van der Waals surface area contributed by atoms with Crippen molar-refractivity contribution in [1.82, 2.24) is 10.5 Å². The smallest absolute Gasteiger partial charge is 0.162 e. The van der Waals surface area contributed by atoms with Crippen molar-refractivity contribution >= 4 is 0 Å². The number of ether oxygens (including phenoxy) is 1. The van der Waals surface area contributed by atoms with Gasteiger partial charge in [0.1, 0.15) is 6.61 Å². The molecule has 0 atom stereocenters. The molecule has 0 aliphatic heterocycles. The highest BCUT2D eigenvalue weighted by atomic mass is 16.5. The van der Waals surface area contributed by atoms with Crippen molar-refractivity contribution in [1.29, 1.82) is 0 Å². The van der Waals surface area contributed by atoms with Gasteiger partial charge in [-0.3, -0.25) is 0 Å². The van der Waals surface area contributed by atoms with Crippen LogP contribution in [0.25, 0.3) is 0 Å². The summed E-state index contributed by atoms with van der Waals surface area (Å²) in [5.74, 6) is 0.816. The van der Waals surface area contributed by atoms with E-state index in [4.69, 9.17) is 9.26 Å². The molecule has 1 aromatic heterocycles. The highest BCUT2D eigenvalue weighted by Gasteiger charge is 2.20. The van der Waals surface area contributed by atoms with Gasteiger partial charge in [-0.25, -0.2) is 0 Å². The number of hydrogen-bond donors (Lipinski definition) is 1. The Kier molecular flexibility index (Phi) is 3.75. The van der Waals surface area contributed by atoms with Crippen molar-refractivity contribution in [2.24, 2.45) is 0 Å². The molecule has 1 N–H and O–H groups in total. The van der Waals surface area contributed by atoms with Crippen molar-refractivity contribution < 1.29 is 9.26 Å². The maximum atomic E-state index is 5.37. The second-order valence-corrected chi connectivity index (χ2v) is 3.99. The zero-order valence-corrected chi connectivity index (χ0v) is 9.16. The molecule has 84 valence electrons. The van der Waals surface area contributed by atoms with Gasteiger partial charge >= 0.3 is 0 Å². The van der Waals surface area contributed by atoms with Crippen LogP contribution in [0.3, 0.4) is 0 Å². The first kappa shape index (κ1) is 10.6. The van der Waals surface area contributed by atoms with Gasteiger partial charge in [-0.05, 0) is 19.3 Å². The van der Waals surface area contributed by atoms with E-state index in [1.165, 1.54) is 12.8 Å². The summed E-state index contributed by atoms with van der Waals surface area (Å²) < 4.78 is 10.5. The van der Waals surface area contributed by atoms with Crippen molar-refractivity contribution in [2.45, 2.75) is 45.4 Å². The molecule has 1 aliphatic rings. The lowest BCUT2D eigenvalue weighted by Crippen LogP contribution is -2.15. The summed E-state index contributed by atoms with van der Waals surface area (Å²) in [5, 5.41) is 7.37. The van der Waals surface area contributed by atoms with E-state index in [-0.39, 0.29) is 0 Å². The molecular weight excluding hydrogens is 192 g/mol. The Balaban J connectivity index is 1.70. The third-order valence-corrected chi connectivity index (χ3v) is 2.35. The molecule has 4 nitrogen and oxygen atoms in total. The van der Waals surface area contributed by atoms with Crippen LogP contribution in [0, 0.1) is 0 Å². The first-order chi connectivity index (χ1) is 7.38. The Morgan fingerprint density at radius 3 is 3.20 bits per heavy atom. The monoisotopic (exact) mass is 210 g/mol. The highest BCUT2D eigenvalue weighted by molar-refractivity contribution is 5.04. The quantitative estimate of drug-likeness (QED) is 0.698. The van der Waals surface area contributed by atoms with Crippen LogP contribution in [0.15, 0.2) is 10.6 Å². The molecule has 0 amide bonds. The Hall–Kier alpha value is -0.870. The summed E-state index contributed by atoms with van der Waals surface area (Å²) in [4.78, 5) is 0. The fourth-order valence-corrected chi connectivity index (χ4v) is 1.36. The molecule has 0 radical (unpaired) electrons. The van der Waals surface area contributed by atoms with Crippen molar-refractivity contribution in [3.8, 4) is 0 Å². The molecule has 0 unspecified atom stereocenters. The molecule has 1 aromatic rings. The maximum Gasteiger partial charge on any atom is 0.162 e. The summed E-state index contributed by atoms with van der Waals surface area (Å²) in [6.07, 6.45) is 3.62. The van der Waals surface area contributed by atoms with Gasteiger partial charge in [-0.15, -0.1) is 0 Å². The minimum atomic E-state index is 0.532. The molecule has 0 aromatic carbocycles. The Labute approximate surface area is 90.0 Å². The first-order valence-corrected chi connectivity index (χ1v) is 5.64. The summed E-state index contributed by atoms with van der Waals surface area (Å²) in [6, 6.07) is 2.67. The predicted molar refractivity (Wildman–Crippen MR) is 56.3 cm³/mol. The van der Waals surface area contributed by atoms with E-state index < -0.39 is 0 Å². The summed E-state index contributed by atoms with van der Waals surface area (Å²) in [6.45, 7) is 4.20. The van der Waals surface area contributed by atoms with Crippen LogP contribution in [0.4, 0.5) is 0 Å². The third kappa shape index (κ3) is 3.64. The van der Waals surface area contributed by atoms with Crippen molar-refractivity contribution in [3.05, 3.63) is 17.5 Å². The fourth-order valence-electron chi connectivity index (χ4n) is 1.36. The molecule has 0 saturated heterocycles. The fraction of sp³-hybridized carbons (Fsp3) is 0.727. The summed E-state index contributed by atoms with van der Waals surface area (Å²) in [7, 11) is 0. The number of hydrogen-bond acceptors (Lipinski definition) is 4. The molecule has 1 aliphatic carbocycles. The molecular formula is C11H18N2O2. The largest absolute Gasteiger partial charge is 0.373 e. The number of nitrogens with one attached hydrogen (secondary N) is 1. The number of nitrogens with zero attached hydrogens (tertiary/aromatic N) is 1. The van der Waals surface area contributed by atoms with Gasteiger partial charge in [0.2, 0.25) is 0 Å². The molecule has 2 rings (SSSR count). The molecule has 15 heavy (non-hydrogen) atoms. The molecule has 1 fully saturated rings. The normalized spacial score (nSPS) is 15.8. The van der Waals surface area contributed by atoms with Crippen LogP contribution in [0.5, 0.6) is 0 Å². The van der Waals surface area contributed by atoms with E-state index in [0.717, 1.165) is 31.0 Å². The second-order valence-electron chi connectivity index (χ2n) is 3.99. The molecule has 4 heteroatoms. The lowest BCUT2D eigenvalue weighted by molar-refractivity contribution is 0.102. The minimum Gasteiger partial charge on any atom is -0.373 e. The van der Waals surface area contributed by atoms with E-state index in [0.29, 0.717) is 12.6 Å². The first-order valence-electron chi connectivity index (χ1n) is 5.64. The van der Waals surface area contributed by atoms with Gasteiger partial charge in [0.05, 0.1) is 5.69 Å². The van der Waals surface area contributed by atoms with Crippen LogP contribution in [0.1, 0.15) is 37.6 Å². The van der Waals surface area contributed by atoms with Gasteiger partial charge in [0.15, 0.2) is 5.76 Å². The van der Waals surface area contributed by atoms with E-state index in [1.54, 1.807) is 0 Å². The maximum absolute atomic E-state index is 5.37. The topological polar surface area (TPSA) is 47.3 Å². The molecule has 1 heterocycles. The van der Waals surface area contributed by atoms with Crippen molar-refractivity contribution in [3.63, 3.8) is 0 Å². The molecule has 0 spiro atoms. The molecule has 0 bridgehead atoms. The Bertz CT molecular complexity index is 295. The van der Waals surface area contributed by atoms with Gasteiger partial charge in [0, 0.05) is 25.3 Å². The van der Waals surface area contributed by atoms with Crippen LogP contribution in [-0.4, -0.2) is 17.8 Å². The second kappa shape index (κ2) is 5.28. The third-order valence-electron chi connectivity index (χ3n) is 2.35. The van der Waals surface area contributed by atoms with E-state index in [9.17, 15) is 0 Å². The number of rotatable bonds is 7. The van der Waals surface area contributed by atoms with E-state index in [2.05, 4.69) is 17.4 Å². The van der Waals surface area contributed by atoms with Crippen LogP contribution in [-0.2, 0) is 17.9 Å². The Morgan fingerprint density at radius 2 is 2.47 bits per heavy atom. The average Bonchev–Trinajstić information content (AvgIpc) is 2.97. The minimum absolute atomic E-state index is 0.532. The van der Waals surface area contributed by atoms with Crippen molar-refractivity contribution in [2.75, 3.05) is 6.61 Å². The molecule has 1 saturated carbocycles. The van der Waals surface area contributed by atoms with E-state index in [1.807, 2.05) is 6.07 Å². The zero-order chi connectivity index (χ0) is 10.5. The van der Waals surface area contributed by atoms with Gasteiger partial charge in [0.25, 0.3) is 0 Å². The lowest BCUT2D eigenvalue weighted by atomic mass is 10.3. The van der Waals surface area contributed by atoms with Gasteiger partial charge < -0.3 is 14.6 Å². The van der Waals surface area contributed by atoms with Crippen LogP contribution in [0.2, 0.25) is 0 Å². The SMILES string of the molecule is CCCOCc1cc(CNC2CC2)no1. The van der Waals surface area contributed by atoms with Crippen LogP contribution >= 0.6 is 0 Å².